The maximum absolute atomic E-state index is 11.8. The highest BCUT2D eigenvalue weighted by Crippen LogP contribution is 2.15. The topological polar surface area (TPSA) is 98.6 Å². The summed E-state index contributed by atoms with van der Waals surface area (Å²) in [4.78, 5) is 0.0415. The van der Waals surface area contributed by atoms with Gasteiger partial charge in [-0.2, -0.15) is 10.4 Å². The molecule has 0 radical (unpaired) electrons. The van der Waals surface area contributed by atoms with Gasteiger partial charge in [-0.1, -0.05) is 6.07 Å². The summed E-state index contributed by atoms with van der Waals surface area (Å²) in [5, 5.41) is 14.7. The molecule has 0 spiro atoms. The van der Waals surface area contributed by atoms with Crippen molar-refractivity contribution >= 4 is 15.7 Å². The Morgan fingerprint density at radius 1 is 1.41 bits per heavy atom. The third-order valence-corrected chi connectivity index (χ3v) is 3.38. The van der Waals surface area contributed by atoms with Crippen LogP contribution in [0.2, 0.25) is 0 Å². The molecule has 17 heavy (non-hydrogen) atoms. The Morgan fingerprint density at radius 2 is 2.24 bits per heavy atom. The van der Waals surface area contributed by atoms with Crippen LogP contribution in [-0.2, 0) is 10.0 Å². The normalized spacial score (nSPS) is 10.8. The van der Waals surface area contributed by atoms with E-state index in [9.17, 15) is 8.42 Å². The van der Waals surface area contributed by atoms with Gasteiger partial charge < -0.3 is 0 Å². The summed E-state index contributed by atoms with van der Waals surface area (Å²) < 4.78 is 26.0. The van der Waals surface area contributed by atoms with Crippen LogP contribution in [0.25, 0.3) is 0 Å². The van der Waals surface area contributed by atoms with Crippen LogP contribution >= 0.6 is 0 Å². The number of hydrogen-bond donors (Lipinski definition) is 2. The number of hydrogen-bond acceptors (Lipinski definition) is 4. The first-order valence-corrected chi connectivity index (χ1v) is 6.12. The van der Waals surface area contributed by atoms with Crippen molar-refractivity contribution in [2.45, 2.75) is 4.90 Å². The van der Waals surface area contributed by atoms with Crippen molar-refractivity contribution in [3.05, 3.63) is 42.2 Å². The lowest BCUT2D eigenvalue weighted by atomic mass is 10.2. The van der Waals surface area contributed by atoms with Crippen LogP contribution in [0.3, 0.4) is 0 Å². The molecule has 1 aromatic carbocycles. The molecular weight excluding hydrogens is 240 g/mol. The number of nitrogens with zero attached hydrogens (tertiary/aromatic N) is 2. The highest BCUT2D eigenvalue weighted by Gasteiger charge is 2.15. The molecule has 0 fully saturated rings. The van der Waals surface area contributed by atoms with Crippen molar-refractivity contribution in [1.29, 1.82) is 5.26 Å². The minimum Gasteiger partial charge on any atom is -0.284 e. The fraction of sp³-hybridized carbons (Fsp3) is 0. The van der Waals surface area contributed by atoms with Crippen molar-refractivity contribution in [2.75, 3.05) is 4.72 Å². The second kappa shape index (κ2) is 4.27. The molecule has 2 rings (SSSR count). The van der Waals surface area contributed by atoms with Crippen LogP contribution < -0.4 is 4.72 Å². The number of rotatable bonds is 3. The van der Waals surface area contributed by atoms with E-state index in [-0.39, 0.29) is 4.90 Å². The quantitative estimate of drug-likeness (QED) is 0.849. The summed E-state index contributed by atoms with van der Waals surface area (Å²) in [5.41, 5.74) is 0.725. The summed E-state index contributed by atoms with van der Waals surface area (Å²) in [6.07, 6.45) is 2.48. The van der Waals surface area contributed by atoms with Gasteiger partial charge in [-0.3, -0.25) is 9.82 Å². The molecule has 0 bridgehead atoms. The zero-order valence-electron chi connectivity index (χ0n) is 8.58. The first kappa shape index (κ1) is 11.2. The molecule has 0 amide bonds. The van der Waals surface area contributed by atoms with E-state index in [0.29, 0.717) is 11.3 Å². The molecule has 0 atom stereocenters. The maximum Gasteiger partial charge on any atom is 0.265 e. The Labute approximate surface area is 98.0 Å². The van der Waals surface area contributed by atoms with E-state index in [1.165, 1.54) is 18.5 Å². The predicted octanol–water partition coefficient (Wildman–Crippen LogP) is 1.08. The minimum absolute atomic E-state index is 0.0415. The Bertz CT molecular complexity index is 656. The van der Waals surface area contributed by atoms with Gasteiger partial charge in [0.05, 0.1) is 23.5 Å². The van der Waals surface area contributed by atoms with Crippen molar-refractivity contribution in [3.63, 3.8) is 0 Å². The molecule has 0 aliphatic rings. The minimum atomic E-state index is -3.65. The number of nitrogens with one attached hydrogen (secondary N) is 2. The van der Waals surface area contributed by atoms with Crippen molar-refractivity contribution in [2.24, 2.45) is 0 Å². The first-order chi connectivity index (χ1) is 8.12. The van der Waals surface area contributed by atoms with Gasteiger partial charge in [0.1, 0.15) is 4.90 Å². The third-order valence-electron chi connectivity index (χ3n) is 2.03. The molecule has 7 heteroatoms. The lowest BCUT2D eigenvalue weighted by Crippen LogP contribution is -2.12. The molecule has 0 aliphatic carbocycles. The summed E-state index contributed by atoms with van der Waals surface area (Å²) in [6, 6.07) is 8.15. The number of H-pyrrole nitrogens is 1. The molecule has 0 saturated heterocycles. The second-order valence-electron chi connectivity index (χ2n) is 3.23. The van der Waals surface area contributed by atoms with E-state index >= 15 is 0 Å². The van der Waals surface area contributed by atoms with Crippen LogP contribution in [-0.4, -0.2) is 18.6 Å². The number of sulfonamides is 1. The summed E-state index contributed by atoms with van der Waals surface area (Å²) in [5.74, 6) is 0. The average molecular weight is 248 g/mol. The molecule has 0 saturated carbocycles. The van der Waals surface area contributed by atoms with Gasteiger partial charge >= 0.3 is 0 Å². The number of aromatic nitrogens is 2. The van der Waals surface area contributed by atoms with E-state index in [0.717, 1.165) is 0 Å². The molecule has 2 N–H and O–H groups in total. The Morgan fingerprint density at radius 3 is 2.88 bits per heavy atom. The fourth-order valence-electron chi connectivity index (χ4n) is 1.25. The van der Waals surface area contributed by atoms with Gasteiger partial charge in [0.15, 0.2) is 0 Å². The van der Waals surface area contributed by atoms with Crippen LogP contribution in [0.5, 0.6) is 0 Å². The van der Waals surface area contributed by atoms with E-state index in [1.807, 2.05) is 6.07 Å². The van der Waals surface area contributed by atoms with Crippen LogP contribution in [0.1, 0.15) is 5.56 Å². The fourth-order valence-corrected chi connectivity index (χ4v) is 2.21. The Hall–Kier alpha value is -2.33. The monoisotopic (exact) mass is 248 g/mol. The summed E-state index contributed by atoms with van der Waals surface area (Å²) in [7, 11) is -3.65. The van der Waals surface area contributed by atoms with E-state index in [2.05, 4.69) is 14.9 Å². The first-order valence-electron chi connectivity index (χ1n) is 4.63. The molecule has 6 nitrogen and oxygen atoms in total. The third kappa shape index (κ3) is 2.43. The lowest BCUT2D eigenvalue weighted by molar-refractivity contribution is 0.601. The van der Waals surface area contributed by atoms with Crippen LogP contribution in [0.15, 0.2) is 41.6 Å². The van der Waals surface area contributed by atoms with Gasteiger partial charge in [0.2, 0.25) is 0 Å². The SMILES string of the molecule is N#Cc1cccc(NS(=O)(=O)c2cn[nH]c2)c1. The molecular formula is C10H8N4O2S. The lowest BCUT2D eigenvalue weighted by Gasteiger charge is -2.05. The molecule has 0 unspecified atom stereocenters. The maximum atomic E-state index is 11.8. The number of aromatic amines is 1. The van der Waals surface area contributed by atoms with Gasteiger partial charge in [0, 0.05) is 6.20 Å². The molecule has 0 aliphatic heterocycles. The number of anilines is 1. The van der Waals surface area contributed by atoms with Gasteiger partial charge in [-0.25, -0.2) is 8.42 Å². The largest absolute Gasteiger partial charge is 0.284 e. The highest BCUT2D eigenvalue weighted by molar-refractivity contribution is 7.92. The average Bonchev–Trinajstić information content (AvgIpc) is 2.83. The van der Waals surface area contributed by atoms with Gasteiger partial charge in [-0.15, -0.1) is 0 Å². The van der Waals surface area contributed by atoms with Crippen molar-refractivity contribution in [1.82, 2.24) is 10.2 Å². The van der Waals surface area contributed by atoms with E-state index in [1.54, 1.807) is 18.2 Å². The highest BCUT2D eigenvalue weighted by atomic mass is 32.2. The van der Waals surface area contributed by atoms with E-state index < -0.39 is 10.0 Å². The summed E-state index contributed by atoms with van der Waals surface area (Å²) >= 11 is 0. The van der Waals surface area contributed by atoms with Crippen LogP contribution in [0, 0.1) is 11.3 Å². The standard InChI is InChI=1S/C10H8N4O2S/c11-5-8-2-1-3-9(4-8)14-17(15,16)10-6-12-13-7-10/h1-4,6-7,14H,(H,12,13). The van der Waals surface area contributed by atoms with Crippen molar-refractivity contribution in [3.8, 4) is 6.07 Å². The van der Waals surface area contributed by atoms with Gasteiger partial charge in [0.25, 0.3) is 10.0 Å². The van der Waals surface area contributed by atoms with Crippen molar-refractivity contribution < 1.29 is 8.42 Å². The molecule has 86 valence electrons. The Kier molecular flexibility index (Phi) is 2.80. The molecule has 2 aromatic rings. The predicted molar refractivity (Wildman–Crippen MR) is 60.6 cm³/mol. The zero-order valence-corrected chi connectivity index (χ0v) is 9.40. The number of benzene rings is 1. The zero-order chi connectivity index (χ0) is 12.3. The van der Waals surface area contributed by atoms with Crippen LogP contribution in [0.4, 0.5) is 5.69 Å². The molecule has 1 aromatic heterocycles. The molecule has 1 heterocycles. The van der Waals surface area contributed by atoms with Gasteiger partial charge in [-0.05, 0) is 18.2 Å². The Balaban J connectivity index is 2.30. The smallest absolute Gasteiger partial charge is 0.265 e. The number of nitriles is 1. The second-order valence-corrected chi connectivity index (χ2v) is 4.91. The summed E-state index contributed by atoms with van der Waals surface area (Å²) in [6.45, 7) is 0. The van der Waals surface area contributed by atoms with E-state index in [4.69, 9.17) is 5.26 Å².